The van der Waals surface area contributed by atoms with Gasteiger partial charge in [-0.15, -0.1) is 0 Å². The molecule has 0 radical (unpaired) electrons. The Morgan fingerprint density at radius 1 is 1.00 bits per heavy atom. The minimum Gasteiger partial charge on any atom is -0.444 e. The molecule has 7 nitrogen and oxygen atoms in total. The van der Waals surface area contributed by atoms with E-state index in [4.69, 9.17) is 4.74 Å². The summed E-state index contributed by atoms with van der Waals surface area (Å²) in [6, 6.07) is 10.9. The van der Waals surface area contributed by atoms with Crippen LogP contribution >= 0.6 is 0 Å². The molecule has 0 spiro atoms. The normalized spacial score (nSPS) is 14.4. The van der Waals surface area contributed by atoms with Crippen molar-refractivity contribution in [1.82, 2.24) is 10.2 Å². The first kappa shape index (κ1) is 27.2. The van der Waals surface area contributed by atoms with E-state index < -0.39 is 17.7 Å². The summed E-state index contributed by atoms with van der Waals surface area (Å²) in [6.07, 6.45) is 1.96. The van der Waals surface area contributed by atoms with Crippen LogP contribution in [0.3, 0.4) is 0 Å². The van der Waals surface area contributed by atoms with E-state index in [0.717, 1.165) is 52.8 Å². The molecule has 2 aromatic rings. The lowest BCUT2D eigenvalue weighted by atomic mass is 9.87. The molecule has 194 valence electrons. The second-order valence-electron chi connectivity index (χ2n) is 10.8. The zero-order valence-corrected chi connectivity index (χ0v) is 22.5. The molecule has 2 aromatic carbocycles. The van der Waals surface area contributed by atoms with E-state index in [9.17, 15) is 14.4 Å². The quantitative estimate of drug-likeness (QED) is 0.533. The molecule has 2 N–H and O–H groups in total. The standard InChI is InChI=1S/C29H39N3O4/c1-18-14-15-19(2)23(16-18)26(27(34)31-25-20(3)10-8-11-21(25)4)32(22-12-9-13-22)24(33)17-30-28(35)36-29(5,6)7/h8,10-11,14-16,22,26H,9,12-13,17H2,1-7H3,(H,30,35)(H,31,34). The summed E-state index contributed by atoms with van der Waals surface area (Å²) < 4.78 is 5.30. The van der Waals surface area contributed by atoms with E-state index in [1.54, 1.807) is 25.7 Å². The average Bonchev–Trinajstić information content (AvgIpc) is 2.74. The minimum atomic E-state index is -0.831. The number of nitrogens with zero attached hydrogens (tertiary/aromatic N) is 1. The molecule has 36 heavy (non-hydrogen) atoms. The SMILES string of the molecule is Cc1ccc(C)c(C(C(=O)Nc2c(C)cccc2C)N(C(=O)CNC(=O)OC(C)(C)C)C2CCC2)c1. The summed E-state index contributed by atoms with van der Waals surface area (Å²) in [5.74, 6) is -0.577. The first-order chi connectivity index (χ1) is 16.9. The number of para-hydroxylation sites is 1. The monoisotopic (exact) mass is 493 g/mol. The van der Waals surface area contributed by atoms with Gasteiger partial charge in [-0.1, -0.05) is 42.0 Å². The smallest absolute Gasteiger partial charge is 0.408 e. The third kappa shape index (κ3) is 6.65. The molecule has 1 fully saturated rings. The van der Waals surface area contributed by atoms with Gasteiger partial charge in [-0.2, -0.15) is 0 Å². The van der Waals surface area contributed by atoms with Crippen LogP contribution in [0, 0.1) is 27.7 Å². The van der Waals surface area contributed by atoms with Crippen molar-refractivity contribution in [3.63, 3.8) is 0 Å². The van der Waals surface area contributed by atoms with Crippen molar-refractivity contribution in [3.8, 4) is 0 Å². The van der Waals surface area contributed by atoms with Crippen molar-refractivity contribution in [2.24, 2.45) is 0 Å². The minimum absolute atomic E-state index is 0.0773. The summed E-state index contributed by atoms with van der Waals surface area (Å²) in [7, 11) is 0. The molecule has 3 amide bonds. The number of anilines is 1. The number of carbonyl (C=O) groups excluding carboxylic acids is 3. The Bertz CT molecular complexity index is 1110. The van der Waals surface area contributed by atoms with E-state index in [1.165, 1.54) is 0 Å². The lowest BCUT2D eigenvalue weighted by molar-refractivity contribution is -0.143. The Hall–Kier alpha value is -3.35. The maximum Gasteiger partial charge on any atom is 0.408 e. The first-order valence-electron chi connectivity index (χ1n) is 12.6. The van der Waals surface area contributed by atoms with Crippen LogP contribution in [0.5, 0.6) is 0 Å². The lowest BCUT2D eigenvalue weighted by Gasteiger charge is -2.42. The van der Waals surface area contributed by atoms with E-state index in [0.29, 0.717) is 0 Å². The number of hydrogen-bond acceptors (Lipinski definition) is 4. The van der Waals surface area contributed by atoms with Gasteiger partial charge in [-0.05, 0) is 90.0 Å². The van der Waals surface area contributed by atoms with Crippen molar-refractivity contribution < 1.29 is 19.1 Å². The molecular formula is C29H39N3O4. The molecule has 0 bridgehead atoms. The fraction of sp³-hybridized carbons (Fsp3) is 0.483. The van der Waals surface area contributed by atoms with Crippen molar-refractivity contribution >= 4 is 23.6 Å². The number of ether oxygens (including phenoxy) is 1. The van der Waals surface area contributed by atoms with Crippen molar-refractivity contribution in [3.05, 3.63) is 64.2 Å². The molecule has 0 aliphatic heterocycles. The fourth-order valence-electron chi connectivity index (χ4n) is 4.45. The Morgan fingerprint density at radius 3 is 2.19 bits per heavy atom. The highest BCUT2D eigenvalue weighted by molar-refractivity contribution is 5.99. The molecule has 0 heterocycles. The zero-order valence-electron chi connectivity index (χ0n) is 22.5. The van der Waals surface area contributed by atoms with E-state index >= 15 is 0 Å². The Morgan fingerprint density at radius 2 is 1.64 bits per heavy atom. The number of rotatable bonds is 7. The number of aryl methyl sites for hydroxylation is 4. The average molecular weight is 494 g/mol. The number of amides is 3. The summed E-state index contributed by atoms with van der Waals surface area (Å²) in [6.45, 7) is 12.9. The molecule has 7 heteroatoms. The summed E-state index contributed by atoms with van der Waals surface area (Å²) in [4.78, 5) is 41.5. The second-order valence-corrected chi connectivity index (χ2v) is 10.8. The highest BCUT2D eigenvalue weighted by Crippen LogP contribution is 2.35. The van der Waals surface area contributed by atoms with Crippen LogP contribution in [0.2, 0.25) is 0 Å². The predicted molar refractivity (Wildman–Crippen MR) is 142 cm³/mol. The van der Waals surface area contributed by atoms with Crippen LogP contribution < -0.4 is 10.6 Å². The molecule has 1 saturated carbocycles. The highest BCUT2D eigenvalue weighted by atomic mass is 16.6. The number of alkyl carbamates (subject to hydrolysis) is 1. The van der Waals surface area contributed by atoms with Crippen LogP contribution in [-0.2, 0) is 14.3 Å². The van der Waals surface area contributed by atoms with Gasteiger partial charge in [-0.3, -0.25) is 9.59 Å². The maximum atomic E-state index is 14.0. The van der Waals surface area contributed by atoms with E-state index in [1.807, 2.05) is 64.1 Å². The van der Waals surface area contributed by atoms with Gasteiger partial charge in [0.15, 0.2) is 0 Å². The Balaban J connectivity index is 1.98. The van der Waals surface area contributed by atoms with Gasteiger partial charge in [0, 0.05) is 11.7 Å². The first-order valence-corrected chi connectivity index (χ1v) is 12.6. The van der Waals surface area contributed by atoms with Crippen molar-refractivity contribution in [1.29, 1.82) is 0 Å². The van der Waals surface area contributed by atoms with Crippen LogP contribution in [0.1, 0.15) is 73.9 Å². The van der Waals surface area contributed by atoms with Gasteiger partial charge < -0.3 is 20.3 Å². The molecule has 0 saturated heterocycles. The number of carbonyl (C=O) groups is 3. The topological polar surface area (TPSA) is 87.7 Å². The van der Waals surface area contributed by atoms with Gasteiger partial charge in [0.2, 0.25) is 5.91 Å². The van der Waals surface area contributed by atoms with Gasteiger partial charge in [0.1, 0.15) is 18.2 Å². The molecule has 1 atom stereocenters. The summed E-state index contributed by atoms with van der Waals surface area (Å²) >= 11 is 0. The third-order valence-corrected chi connectivity index (χ3v) is 6.52. The lowest BCUT2D eigenvalue weighted by Crippen LogP contribution is -2.53. The molecule has 1 unspecified atom stereocenters. The third-order valence-electron chi connectivity index (χ3n) is 6.52. The van der Waals surface area contributed by atoms with Gasteiger partial charge in [0.05, 0.1) is 0 Å². The largest absolute Gasteiger partial charge is 0.444 e. The van der Waals surface area contributed by atoms with E-state index in [2.05, 4.69) is 10.6 Å². The zero-order chi connectivity index (χ0) is 26.6. The highest BCUT2D eigenvalue weighted by Gasteiger charge is 2.39. The Labute approximate surface area is 214 Å². The Kier molecular flexibility index (Phi) is 8.43. The van der Waals surface area contributed by atoms with E-state index in [-0.39, 0.29) is 24.4 Å². The summed E-state index contributed by atoms with van der Waals surface area (Å²) in [5, 5.41) is 5.69. The van der Waals surface area contributed by atoms with Crippen molar-refractivity contribution in [2.45, 2.75) is 85.4 Å². The second kappa shape index (κ2) is 11.1. The maximum absolute atomic E-state index is 14.0. The van der Waals surface area contributed by atoms with Crippen LogP contribution in [0.15, 0.2) is 36.4 Å². The molecule has 1 aliphatic rings. The predicted octanol–water partition coefficient (Wildman–Crippen LogP) is 5.51. The number of hydrogen-bond donors (Lipinski definition) is 2. The summed E-state index contributed by atoms with van der Waals surface area (Å²) in [5.41, 5.74) is 4.72. The molecule has 0 aromatic heterocycles. The van der Waals surface area contributed by atoms with Gasteiger partial charge in [-0.25, -0.2) is 4.79 Å². The molecule has 3 rings (SSSR count). The fourth-order valence-corrected chi connectivity index (χ4v) is 4.45. The van der Waals surface area contributed by atoms with Crippen LogP contribution in [-0.4, -0.2) is 41.0 Å². The number of benzene rings is 2. The van der Waals surface area contributed by atoms with Gasteiger partial charge in [0.25, 0.3) is 5.91 Å². The number of nitrogens with one attached hydrogen (secondary N) is 2. The van der Waals surface area contributed by atoms with Crippen molar-refractivity contribution in [2.75, 3.05) is 11.9 Å². The van der Waals surface area contributed by atoms with Crippen LogP contribution in [0.4, 0.5) is 10.5 Å². The van der Waals surface area contributed by atoms with Gasteiger partial charge >= 0.3 is 6.09 Å². The molecule has 1 aliphatic carbocycles. The van der Waals surface area contributed by atoms with Crippen LogP contribution in [0.25, 0.3) is 0 Å². The molecular weight excluding hydrogens is 454 g/mol.